The molecule has 1 rings (SSSR count). The van der Waals surface area contributed by atoms with Gasteiger partial charge in [0.1, 0.15) is 3.70 Å². The maximum atomic E-state index is 12.7. The summed E-state index contributed by atoms with van der Waals surface area (Å²) in [4.78, 5) is 13.7. The number of carboxylic acids is 1. The van der Waals surface area contributed by atoms with Crippen LogP contribution in [0.3, 0.4) is 0 Å². The topological polar surface area (TPSA) is 59.4 Å². The molecule has 4 nitrogen and oxygen atoms in total. The lowest BCUT2D eigenvalue weighted by Gasteiger charge is -2.17. The molecular formula is C9H4F6INO3. The molecular weight excluding hydrogens is 411 g/mol. The number of halogens is 7. The molecule has 1 heterocycles. The first-order chi connectivity index (χ1) is 8.90. The van der Waals surface area contributed by atoms with Crippen LogP contribution >= 0.6 is 22.6 Å². The Kier molecular flexibility index (Phi) is 4.71. The lowest BCUT2D eigenvalue weighted by molar-refractivity contribution is -0.276. The normalized spacial score (nSPS) is 12.3. The largest absolute Gasteiger partial charge is 0.574 e. The number of carboxylic acid groups (broad SMARTS) is 1. The van der Waals surface area contributed by atoms with Crippen LogP contribution in [0.25, 0.3) is 0 Å². The molecule has 0 amide bonds. The van der Waals surface area contributed by atoms with Gasteiger partial charge in [0.15, 0.2) is 0 Å². The summed E-state index contributed by atoms with van der Waals surface area (Å²) in [5.41, 5.74) is -2.71. The van der Waals surface area contributed by atoms with Crippen LogP contribution in [0.15, 0.2) is 6.07 Å². The molecule has 0 fully saturated rings. The highest BCUT2D eigenvalue weighted by molar-refractivity contribution is 14.1. The summed E-state index contributed by atoms with van der Waals surface area (Å²) in [6, 6.07) is 0.446. The molecule has 1 aromatic heterocycles. The second-order valence-corrected chi connectivity index (χ2v) is 4.50. The van der Waals surface area contributed by atoms with E-state index >= 15 is 0 Å². The monoisotopic (exact) mass is 415 g/mol. The SMILES string of the molecule is O=C(O)Cc1c(C(F)(F)F)cc(I)nc1OC(F)(F)F. The number of aromatic nitrogens is 1. The minimum Gasteiger partial charge on any atom is -0.481 e. The Balaban J connectivity index is 3.48. The maximum absolute atomic E-state index is 12.7. The van der Waals surface area contributed by atoms with Crippen molar-refractivity contribution in [2.45, 2.75) is 19.0 Å². The molecule has 1 N–H and O–H groups in total. The summed E-state index contributed by atoms with van der Waals surface area (Å²) in [6.07, 6.45) is -11.6. The number of hydrogen-bond donors (Lipinski definition) is 1. The average Bonchev–Trinajstić information content (AvgIpc) is 2.16. The zero-order valence-corrected chi connectivity index (χ0v) is 11.3. The fraction of sp³-hybridized carbons (Fsp3) is 0.333. The molecule has 0 aliphatic rings. The van der Waals surface area contributed by atoms with Gasteiger partial charge in [-0.15, -0.1) is 13.2 Å². The Bertz CT molecular complexity index is 528. The van der Waals surface area contributed by atoms with Gasteiger partial charge in [-0.05, 0) is 28.7 Å². The van der Waals surface area contributed by atoms with Crippen LogP contribution in [0.4, 0.5) is 26.3 Å². The molecule has 0 aliphatic heterocycles. The van der Waals surface area contributed by atoms with E-state index in [9.17, 15) is 31.1 Å². The number of aliphatic carboxylic acids is 1. The summed E-state index contributed by atoms with van der Waals surface area (Å²) in [6.45, 7) is 0. The van der Waals surface area contributed by atoms with Crippen LogP contribution in [0.1, 0.15) is 11.1 Å². The van der Waals surface area contributed by atoms with Crippen molar-refractivity contribution in [2.75, 3.05) is 0 Å². The molecule has 112 valence electrons. The van der Waals surface area contributed by atoms with Gasteiger partial charge in [0.25, 0.3) is 0 Å². The standard InChI is InChI=1S/C9H4F6INO3/c10-8(11,12)4-2-5(16)17-7(20-9(13,14)15)3(4)1-6(18)19/h2H,1H2,(H,18,19). The fourth-order valence-corrected chi connectivity index (χ4v) is 1.82. The summed E-state index contributed by atoms with van der Waals surface area (Å²) in [5, 5.41) is 8.52. The van der Waals surface area contributed by atoms with Crippen molar-refractivity contribution in [1.29, 1.82) is 0 Å². The first-order valence-corrected chi connectivity index (χ1v) is 5.72. The molecule has 0 atom stereocenters. The summed E-state index contributed by atoms with van der Waals surface area (Å²) < 4.78 is 77.5. The van der Waals surface area contributed by atoms with Gasteiger partial charge in [-0.2, -0.15) is 13.2 Å². The van der Waals surface area contributed by atoms with Crippen LogP contribution in [0, 0.1) is 3.70 Å². The Morgan fingerprint density at radius 1 is 1.30 bits per heavy atom. The number of ether oxygens (including phenoxy) is 1. The van der Waals surface area contributed by atoms with E-state index in [4.69, 9.17) is 5.11 Å². The lowest BCUT2D eigenvalue weighted by atomic mass is 10.1. The Morgan fingerprint density at radius 2 is 1.85 bits per heavy atom. The van der Waals surface area contributed by atoms with Gasteiger partial charge < -0.3 is 9.84 Å². The predicted octanol–water partition coefficient (Wildman–Crippen LogP) is 3.23. The van der Waals surface area contributed by atoms with Gasteiger partial charge in [-0.25, -0.2) is 4.98 Å². The molecule has 0 bridgehead atoms. The predicted molar refractivity (Wildman–Crippen MR) is 60.0 cm³/mol. The zero-order valence-electron chi connectivity index (χ0n) is 9.14. The number of carbonyl (C=O) groups is 1. The average molecular weight is 415 g/mol. The Labute approximate surface area is 120 Å². The third kappa shape index (κ3) is 4.68. The van der Waals surface area contributed by atoms with Crippen LogP contribution in [0.2, 0.25) is 0 Å². The number of nitrogens with zero attached hydrogens (tertiary/aromatic N) is 1. The highest BCUT2D eigenvalue weighted by atomic mass is 127. The molecule has 11 heteroatoms. The summed E-state index contributed by atoms with van der Waals surface area (Å²) in [5.74, 6) is -3.16. The number of hydrogen-bond acceptors (Lipinski definition) is 3. The molecule has 0 spiro atoms. The van der Waals surface area contributed by atoms with Crippen molar-refractivity contribution in [3.8, 4) is 5.88 Å². The first-order valence-electron chi connectivity index (χ1n) is 4.64. The second-order valence-electron chi connectivity index (χ2n) is 3.39. The molecule has 0 aliphatic carbocycles. The van der Waals surface area contributed by atoms with Crippen molar-refractivity contribution < 1.29 is 41.0 Å². The van der Waals surface area contributed by atoms with E-state index in [0.29, 0.717) is 6.07 Å². The third-order valence-electron chi connectivity index (χ3n) is 1.90. The minimum absolute atomic E-state index is 0.414. The van der Waals surface area contributed by atoms with Crippen LogP contribution < -0.4 is 4.74 Å². The van der Waals surface area contributed by atoms with E-state index < -0.39 is 45.6 Å². The molecule has 0 unspecified atom stereocenters. The fourth-order valence-electron chi connectivity index (χ4n) is 1.29. The summed E-state index contributed by atoms with van der Waals surface area (Å²) in [7, 11) is 0. The van der Waals surface area contributed by atoms with Gasteiger partial charge in [0, 0.05) is 5.56 Å². The van der Waals surface area contributed by atoms with E-state index in [1.807, 2.05) is 0 Å². The van der Waals surface area contributed by atoms with E-state index in [0.717, 1.165) is 0 Å². The van der Waals surface area contributed by atoms with Crippen molar-refractivity contribution in [1.82, 2.24) is 4.98 Å². The van der Waals surface area contributed by atoms with Crippen LogP contribution in [-0.2, 0) is 17.4 Å². The highest BCUT2D eigenvalue weighted by Crippen LogP contribution is 2.37. The van der Waals surface area contributed by atoms with E-state index in [2.05, 4.69) is 9.72 Å². The van der Waals surface area contributed by atoms with Gasteiger partial charge in [-0.1, -0.05) is 0 Å². The molecule has 0 saturated carbocycles. The van der Waals surface area contributed by atoms with E-state index in [1.54, 1.807) is 0 Å². The minimum atomic E-state index is -5.28. The van der Waals surface area contributed by atoms with Crippen LogP contribution in [-0.4, -0.2) is 22.4 Å². The van der Waals surface area contributed by atoms with Crippen molar-refractivity contribution in [3.63, 3.8) is 0 Å². The van der Waals surface area contributed by atoms with Gasteiger partial charge in [-0.3, -0.25) is 4.79 Å². The van der Waals surface area contributed by atoms with Crippen molar-refractivity contribution in [2.24, 2.45) is 0 Å². The third-order valence-corrected chi connectivity index (χ3v) is 2.45. The lowest BCUT2D eigenvalue weighted by Crippen LogP contribution is -2.22. The van der Waals surface area contributed by atoms with E-state index in [1.165, 1.54) is 22.6 Å². The number of pyridine rings is 1. The Hall–Kier alpha value is -1.27. The van der Waals surface area contributed by atoms with Crippen LogP contribution in [0.5, 0.6) is 5.88 Å². The number of rotatable bonds is 3. The zero-order chi connectivity index (χ0) is 15.7. The Morgan fingerprint density at radius 3 is 2.25 bits per heavy atom. The van der Waals surface area contributed by atoms with Gasteiger partial charge in [0.2, 0.25) is 5.88 Å². The quantitative estimate of drug-likeness (QED) is 0.468. The highest BCUT2D eigenvalue weighted by Gasteiger charge is 2.39. The van der Waals surface area contributed by atoms with E-state index in [-0.39, 0.29) is 0 Å². The molecule has 0 aromatic carbocycles. The van der Waals surface area contributed by atoms with Gasteiger partial charge >= 0.3 is 18.5 Å². The molecule has 1 aromatic rings. The first kappa shape index (κ1) is 16.8. The summed E-state index contributed by atoms with van der Waals surface area (Å²) >= 11 is 1.27. The smallest absolute Gasteiger partial charge is 0.481 e. The molecule has 0 radical (unpaired) electrons. The van der Waals surface area contributed by atoms with Crippen molar-refractivity contribution >= 4 is 28.6 Å². The second kappa shape index (κ2) is 5.61. The molecule has 0 saturated heterocycles. The number of alkyl halides is 6. The van der Waals surface area contributed by atoms with Crippen molar-refractivity contribution in [3.05, 3.63) is 20.9 Å². The maximum Gasteiger partial charge on any atom is 0.574 e. The van der Waals surface area contributed by atoms with Gasteiger partial charge in [0.05, 0.1) is 12.0 Å². The molecule has 20 heavy (non-hydrogen) atoms.